The van der Waals surface area contributed by atoms with Gasteiger partial charge in [0.05, 0.1) is 19.3 Å². The number of hydrogen-bond acceptors (Lipinski definition) is 6. The van der Waals surface area contributed by atoms with Gasteiger partial charge in [0.15, 0.2) is 6.29 Å². The maximum absolute atomic E-state index is 9.50. The first-order chi connectivity index (χ1) is 7.19. The van der Waals surface area contributed by atoms with Crippen molar-refractivity contribution in [1.82, 2.24) is 0 Å². The van der Waals surface area contributed by atoms with Crippen LogP contribution in [0.4, 0.5) is 0 Å². The monoisotopic (exact) mass is 222 g/mol. The second-order valence-electron chi connectivity index (χ2n) is 3.79. The molecule has 5 N–H and O–H groups in total. The quantitative estimate of drug-likeness (QED) is 0.360. The van der Waals surface area contributed by atoms with E-state index in [0.717, 1.165) is 0 Å². The molecule has 90 valence electrons. The van der Waals surface area contributed by atoms with Crippen molar-refractivity contribution in [1.29, 1.82) is 0 Å². The highest BCUT2D eigenvalue weighted by Crippen LogP contribution is 2.33. The topological polar surface area (TPSA) is 110 Å². The van der Waals surface area contributed by atoms with Crippen molar-refractivity contribution in [2.75, 3.05) is 26.4 Å². The van der Waals surface area contributed by atoms with E-state index in [1.54, 1.807) is 0 Å². The van der Waals surface area contributed by atoms with Gasteiger partial charge >= 0.3 is 0 Å². The summed E-state index contributed by atoms with van der Waals surface area (Å²) in [6.07, 6.45) is -1.92. The molecular weight excluding hydrogens is 204 g/mol. The molecule has 0 spiro atoms. The van der Waals surface area contributed by atoms with Gasteiger partial charge in [0.1, 0.15) is 0 Å². The molecule has 1 fully saturated rings. The van der Waals surface area contributed by atoms with Gasteiger partial charge in [-0.25, -0.2) is 0 Å². The number of ether oxygens (including phenoxy) is 1. The van der Waals surface area contributed by atoms with E-state index in [1.807, 2.05) is 0 Å². The zero-order chi connectivity index (χ0) is 11.4. The first-order valence-electron chi connectivity index (χ1n) is 4.96. The summed E-state index contributed by atoms with van der Waals surface area (Å²) >= 11 is 0. The Morgan fingerprint density at radius 2 is 1.27 bits per heavy atom. The molecule has 1 heterocycles. The van der Waals surface area contributed by atoms with Gasteiger partial charge in [0.2, 0.25) is 0 Å². The van der Waals surface area contributed by atoms with Crippen molar-refractivity contribution in [2.24, 2.45) is 17.8 Å². The van der Waals surface area contributed by atoms with Crippen LogP contribution in [0, 0.1) is 17.8 Å². The summed E-state index contributed by atoms with van der Waals surface area (Å²) in [4.78, 5) is 0. The minimum atomic E-state index is -1.22. The largest absolute Gasteiger partial charge is 0.396 e. The lowest BCUT2D eigenvalue weighted by molar-refractivity contribution is -0.255. The lowest BCUT2D eigenvalue weighted by Crippen LogP contribution is -2.52. The van der Waals surface area contributed by atoms with Gasteiger partial charge in [0.25, 0.3) is 0 Å². The van der Waals surface area contributed by atoms with Crippen LogP contribution >= 0.6 is 0 Å². The molecule has 1 rings (SSSR count). The minimum Gasteiger partial charge on any atom is -0.396 e. The van der Waals surface area contributed by atoms with Crippen molar-refractivity contribution in [2.45, 2.75) is 12.4 Å². The van der Waals surface area contributed by atoms with E-state index in [4.69, 9.17) is 25.2 Å². The molecular formula is C9H18O6. The first kappa shape index (κ1) is 12.8. The van der Waals surface area contributed by atoms with Gasteiger partial charge in [-0.05, 0) is 5.92 Å². The van der Waals surface area contributed by atoms with Gasteiger partial charge < -0.3 is 30.3 Å². The van der Waals surface area contributed by atoms with Crippen LogP contribution in [0.15, 0.2) is 0 Å². The Balaban J connectivity index is 2.80. The zero-order valence-electron chi connectivity index (χ0n) is 8.36. The highest BCUT2D eigenvalue weighted by molar-refractivity contribution is 4.87. The van der Waals surface area contributed by atoms with Crippen LogP contribution in [-0.2, 0) is 4.74 Å². The van der Waals surface area contributed by atoms with Crippen LogP contribution in [0.3, 0.4) is 0 Å². The lowest BCUT2D eigenvalue weighted by Gasteiger charge is -2.43. The fraction of sp³-hybridized carbons (Fsp3) is 1.00. The SMILES string of the molecule is OCC1[C@H](O)OC(CO)[C@H](CO)[C@@H]1CO. The van der Waals surface area contributed by atoms with Gasteiger partial charge in [0, 0.05) is 25.0 Å². The summed E-state index contributed by atoms with van der Waals surface area (Å²) in [5.41, 5.74) is 0. The minimum absolute atomic E-state index is 0.264. The molecule has 6 nitrogen and oxygen atoms in total. The lowest BCUT2D eigenvalue weighted by atomic mass is 9.77. The Bertz CT molecular complexity index is 187. The summed E-state index contributed by atoms with van der Waals surface area (Å²) in [6, 6.07) is 0. The van der Waals surface area contributed by atoms with Crippen molar-refractivity contribution in [3.63, 3.8) is 0 Å². The molecule has 1 aliphatic heterocycles. The molecule has 6 heteroatoms. The predicted molar refractivity (Wildman–Crippen MR) is 49.7 cm³/mol. The van der Waals surface area contributed by atoms with E-state index in [-0.39, 0.29) is 26.4 Å². The number of aliphatic hydroxyl groups excluding tert-OH is 5. The Kier molecular flexibility index (Phi) is 4.91. The summed E-state index contributed by atoms with van der Waals surface area (Å²) in [5, 5.41) is 45.8. The molecule has 0 bridgehead atoms. The number of rotatable bonds is 4. The summed E-state index contributed by atoms with van der Waals surface area (Å²) in [6.45, 7) is -1.20. The summed E-state index contributed by atoms with van der Waals surface area (Å²) < 4.78 is 5.05. The average Bonchev–Trinajstić information content (AvgIpc) is 2.27. The second-order valence-corrected chi connectivity index (χ2v) is 3.79. The van der Waals surface area contributed by atoms with Crippen molar-refractivity contribution in [3.05, 3.63) is 0 Å². The van der Waals surface area contributed by atoms with Crippen molar-refractivity contribution >= 4 is 0 Å². The molecule has 1 saturated heterocycles. The van der Waals surface area contributed by atoms with Gasteiger partial charge in [-0.3, -0.25) is 0 Å². The normalized spacial score (nSPS) is 41.8. The van der Waals surface area contributed by atoms with Crippen LogP contribution in [-0.4, -0.2) is 64.4 Å². The molecule has 0 aromatic carbocycles. The Morgan fingerprint density at radius 3 is 1.67 bits per heavy atom. The fourth-order valence-corrected chi connectivity index (χ4v) is 2.11. The maximum Gasteiger partial charge on any atom is 0.160 e. The third kappa shape index (κ3) is 2.47. The fourth-order valence-electron chi connectivity index (χ4n) is 2.11. The van der Waals surface area contributed by atoms with Crippen molar-refractivity contribution < 1.29 is 30.3 Å². The molecule has 0 amide bonds. The smallest absolute Gasteiger partial charge is 0.160 e. The highest BCUT2D eigenvalue weighted by Gasteiger charge is 2.43. The van der Waals surface area contributed by atoms with Gasteiger partial charge in [-0.15, -0.1) is 0 Å². The highest BCUT2D eigenvalue weighted by atomic mass is 16.6. The van der Waals surface area contributed by atoms with Crippen LogP contribution < -0.4 is 0 Å². The number of hydrogen-bond donors (Lipinski definition) is 5. The summed E-state index contributed by atoms with van der Waals surface area (Å²) in [5.74, 6) is -1.57. The Hall–Kier alpha value is -0.240. The average molecular weight is 222 g/mol. The molecule has 15 heavy (non-hydrogen) atoms. The van der Waals surface area contributed by atoms with E-state index in [1.165, 1.54) is 0 Å². The van der Waals surface area contributed by atoms with E-state index in [9.17, 15) is 5.11 Å². The van der Waals surface area contributed by atoms with E-state index in [2.05, 4.69) is 0 Å². The third-order valence-corrected chi connectivity index (χ3v) is 3.07. The molecule has 0 saturated carbocycles. The van der Waals surface area contributed by atoms with Crippen LogP contribution in [0.25, 0.3) is 0 Å². The zero-order valence-corrected chi connectivity index (χ0v) is 8.36. The molecule has 0 aliphatic carbocycles. The molecule has 0 aromatic rings. The summed E-state index contributed by atoms with van der Waals surface area (Å²) in [7, 11) is 0. The standard InChI is InChI=1S/C9H18O6/c10-1-5-6(2-11)8(4-13)15-9(14)7(5)3-12/h5-14H,1-4H2/t5-,6+,7?,8?,9+/m0/s1. The van der Waals surface area contributed by atoms with Crippen LogP contribution in [0.5, 0.6) is 0 Å². The van der Waals surface area contributed by atoms with Crippen LogP contribution in [0.1, 0.15) is 0 Å². The molecule has 2 unspecified atom stereocenters. The maximum atomic E-state index is 9.50. The molecule has 5 atom stereocenters. The van der Waals surface area contributed by atoms with E-state index >= 15 is 0 Å². The molecule has 0 radical (unpaired) electrons. The first-order valence-corrected chi connectivity index (χ1v) is 4.96. The Morgan fingerprint density at radius 1 is 0.733 bits per heavy atom. The van der Waals surface area contributed by atoms with Crippen molar-refractivity contribution in [3.8, 4) is 0 Å². The van der Waals surface area contributed by atoms with Gasteiger partial charge in [-0.1, -0.05) is 0 Å². The van der Waals surface area contributed by atoms with E-state index < -0.39 is 30.1 Å². The Labute approximate surface area is 87.7 Å². The number of aliphatic hydroxyl groups is 5. The van der Waals surface area contributed by atoms with E-state index in [0.29, 0.717) is 0 Å². The molecule has 0 aromatic heterocycles. The van der Waals surface area contributed by atoms with Crippen LogP contribution in [0.2, 0.25) is 0 Å². The third-order valence-electron chi connectivity index (χ3n) is 3.07. The van der Waals surface area contributed by atoms with Gasteiger partial charge in [-0.2, -0.15) is 0 Å². The molecule has 1 aliphatic rings. The second kappa shape index (κ2) is 5.74. The predicted octanol–water partition coefficient (Wildman–Crippen LogP) is -2.48.